The molecule has 2 rings (SSSR count). The highest BCUT2D eigenvalue weighted by Gasteiger charge is 2.31. The van der Waals surface area contributed by atoms with Gasteiger partial charge in [-0.15, -0.1) is 0 Å². The van der Waals surface area contributed by atoms with Crippen LogP contribution in [-0.2, 0) is 9.53 Å². The fraction of sp³-hybridized carbons (Fsp3) is 0.444. The average molecular weight is 168 g/mol. The Morgan fingerprint density at radius 3 is 3.08 bits per heavy atom. The molecule has 0 fully saturated rings. The van der Waals surface area contributed by atoms with Crippen molar-refractivity contribution in [2.24, 2.45) is 0 Å². The number of esters is 1. The van der Waals surface area contributed by atoms with E-state index in [-0.39, 0.29) is 17.9 Å². The fourth-order valence-corrected chi connectivity index (χ4v) is 1.59. The molecule has 1 aliphatic carbocycles. The SMILES string of the molecule is C[C@@H]1OC(=O)C2=C1C=C(F)CC2. The van der Waals surface area contributed by atoms with Crippen molar-refractivity contribution in [3.8, 4) is 0 Å². The zero-order chi connectivity index (χ0) is 8.72. The number of cyclic esters (lactones) is 1. The molecule has 0 amide bonds. The molecule has 0 saturated heterocycles. The first-order chi connectivity index (χ1) is 5.68. The van der Waals surface area contributed by atoms with E-state index in [4.69, 9.17) is 4.74 Å². The molecule has 1 atom stereocenters. The first-order valence-corrected chi connectivity index (χ1v) is 3.98. The summed E-state index contributed by atoms with van der Waals surface area (Å²) in [4.78, 5) is 11.1. The zero-order valence-corrected chi connectivity index (χ0v) is 6.76. The summed E-state index contributed by atoms with van der Waals surface area (Å²) < 4.78 is 17.7. The zero-order valence-electron chi connectivity index (χ0n) is 6.76. The number of allylic oxidation sites excluding steroid dienone is 1. The fourth-order valence-electron chi connectivity index (χ4n) is 1.59. The lowest BCUT2D eigenvalue weighted by atomic mass is 9.96. The molecular formula is C9H9FO2. The van der Waals surface area contributed by atoms with Crippen molar-refractivity contribution in [1.82, 2.24) is 0 Å². The molecule has 0 radical (unpaired) electrons. The van der Waals surface area contributed by atoms with Crippen LogP contribution in [-0.4, -0.2) is 12.1 Å². The lowest BCUT2D eigenvalue weighted by molar-refractivity contribution is -0.139. The van der Waals surface area contributed by atoms with Gasteiger partial charge in [0.05, 0.1) is 0 Å². The summed E-state index contributed by atoms with van der Waals surface area (Å²) in [5.74, 6) is -0.430. The maximum atomic E-state index is 12.8. The van der Waals surface area contributed by atoms with E-state index in [1.165, 1.54) is 6.08 Å². The summed E-state index contributed by atoms with van der Waals surface area (Å²) >= 11 is 0. The number of ether oxygens (including phenoxy) is 1. The molecule has 1 aliphatic heterocycles. The van der Waals surface area contributed by atoms with Gasteiger partial charge in [-0.05, 0) is 19.4 Å². The number of carbonyl (C=O) groups is 1. The van der Waals surface area contributed by atoms with E-state index in [2.05, 4.69) is 0 Å². The largest absolute Gasteiger partial charge is 0.454 e. The monoisotopic (exact) mass is 168 g/mol. The van der Waals surface area contributed by atoms with Gasteiger partial charge in [-0.3, -0.25) is 0 Å². The Balaban J connectivity index is 2.42. The van der Waals surface area contributed by atoms with Gasteiger partial charge in [0.15, 0.2) is 0 Å². The molecule has 0 N–H and O–H groups in total. The number of carbonyl (C=O) groups excluding carboxylic acids is 1. The van der Waals surface area contributed by atoms with Crippen molar-refractivity contribution in [3.05, 3.63) is 23.0 Å². The lowest BCUT2D eigenvalue weighted by Crippen LogP contribution is -2.04. The van der Waals surface area contributed by atoms with Crippen molar-refractivity contribution in [1.29, 1.82) is 0 Å². The second-order valence-electron chi connectivity index (χ2n) is 3.07. The number of hydrogen-bond acceptors (Lipinski definition) is 2. The van der Waals surface area contributed by atoms with Crippen LogP contribution in [0.2, 0.25) is 0 Å². The maximum absolute atomic E-state index is 12.8. The van der Waals surface area contributed by atoms with Crippen molar-refractivity contribution in [3.63, 3.8) is 0 Å². The molecule has 0 aromatic rings. The van der Waals surface area contributed by atoms with Crippen LogP contribution in [0.15, 0.2) is 23.0 Å². The second-order valence-corrected chi connectivity index (χ2v) is 3.07. The van der Waals surface area contributed by atoms with Crippen LogP contribution in [0.3, 0.4) is 0 Å². The second kappa shape index (κ2) is 2.44. The summed E-state index contributed by atoms with van der Waals surface area (Å²) in [7, 11) is 0. The Morgan fingerprint density at radius 2 is 2.33 bits per heavy atom. The average Bonchev–Trinajstić information content (AvgIpc) is 2.28. The van der Waals surface area contributed by atoms with Crippen LogP contribution >= 0.6 is 0 Å². The predicted octanol–water partition coefficient (Wildman–Crippen LogP) is 1.88. The van der Waals surface area contributed by atoms with E-state index in [9.17, 15) is 9.18 Å². The summed E-state index contributed by atoms with van der Waals surface area (Å²) in [5, 5.41) is 0. The Hall–Kier alpha value is -1.12. The molecule has 0 spiro atoms. The van der Waals surface area contributed by atoms with Crippen molar-refractivity contribution >= 4 is 5.97 Å². The molecule has 0 saturated carbocycles. The third-order valence-corrected chi connectivity index (χ3v) is 2.24. The highest BCUT2D eigenvalue weighted by Crippen LogP contribution is 2.33. The highest BCUT2D eigenvalue weighted by molar-refractivity contribution is 5.93. The number of rotatable bonds is 0. The van der Waals surface area contributed by atoms with Gasteiger partial charge >= 0.3 is 5.97 Å². The van der Waals surface area contributed by atoms with E-state index in [0.29, 0.717) is 18.4 Å². The normalized spacial score (nSPS) is 28.3. The van der Waals surface area contributed by atoms with Crippen LogP contribution in [0, 0.1) is 0 Å². The minimum atomic E-state index is -0.277. The third kappa shape index (κ3) is 0.967. The third-order valence-electron chi connectivity index (χ3n) is 2.24. The predicted molar refractivity (Wildman–Crippen MR) is 41.0 cm³/mol. The van der Waals surface area contributed by atoms with Crippen LogP contribution in [0.4, 0.5) is 4.39 Å². The quantitative estimate of drug-likeness (QED) is 0.516. The number of halogens is 1. The molecule has 0 bridgehead atoms. The molecule has 3 heteroatoms. The number of hydrogen-bond donors (Lipinski definition) is 0. The molecule has 0 unspecified atom stereocenters. The van der Waals surface area contributed by atoms with E-state index in [1.807, 2.05) is 0 Å². The molecule has 2 aliphatic rings. The van der Waals surface area contributed by atoms with Gasteiger partial charge in [0.2, 0.25) is 0 Å². The van der Waals surface area contributed by atoms with Crippen molar-refractivity contribution in [2.45, 2.75) is 25.9 Å². The first-order valence-electron chi connectivity index (χ1n) is 3.98. The van der Waals surface area contributed by atoms with Gasteiger partial charge in [0, 0.05) is 17.6 Å². The van der Waals surface area contributed by atoms with Gasteiger partial charge in [0.1, 0.15) is 11.9 Å². The van der Waals surface area contributed by atoms with Gasteiger partial charge in [-0.25, -0.2) is 9.18 Å². The molecule has 1 heterocycles. The summed E-state index contributed by atoms with van der Waals surface area (Å²) in [6, 6.07) is 0. The minimum Gasteiger partial charge on any atom is -0.454 e. The van der Waals surface area contributed by atoms with Gasteiger partial charge in [-0.2, -0.15) is 0 Å². The first kappa shape index (κ1) is 7.53. The van der Waals surface area contributed by atoms with E-state index in [1.54, 1.807) is 6.92 Å². The topological polar surface area (TPSA) is 26.3 Å². The van der Waals surface area contributed by atoms with Crippen LogP contribution in [0.1, 0.15) is 19.8 Å². The van der Waals surface area contributed by atoms with Crippen molar-refractivity contribution in [2.75, 3.05) is 0 Å². The Bertz CT molecular complexity index is 302. The molecule has 2 nitrogen and oxygen atoms in total. The van der Waals surface area contributed by atoms with E-state index in [0.717, 1.165) is 5.57 Å². The molecular weight excluding hydrogens is 159 g/mol. The minimum absolute atomic E-state index is 0.154. The highest BCUT2D eigenvalue weighted by atomic mass is 19.1. The Kier molecular flexibility index (Phi) is 1.53. The van der Waals surface area contributed by atoms with E-state index >= 15 is 0 Å². The van der Waals surface area contributed by atoms with Crippen LogP contribution in [0.5, 0.6) is 0 Å². The van der Waals surface area contributed by atoms with Crippen LogP contribution < -0.4 is 0 Å². The van der Waals surface area contributed by atoms with Gasteiger partial charge in [0.25, 0.3) is 0 Å². The Labute approximate surface area is 69.7 Å². The molecule has 64 valence electrons. The van der Waals surface area contributed by atoms with E-state index < -0.39 is 0 Å². The Morgan fingerprint density at radius 1 is 1.58 bits per heavy atom. The standard InChI is InChI=1S/C9H9FO2/c1-5-8-4-6(10)2-3-7(8)9(11)12-5/h4-5H,2-3H2,1H3/t5-/m0/s1. The molecule has 12 heavy (non-hydrogen) atoms. The smallest absolute Gasteiger partial charge is 0.335 e. The summed E-state index contributed by atoms with van der Waals surface area (Å²) in [6.45, 7) is 1.76. The van der Waals surface area contributed by atoms with Gasteiger partial charge in [-0.1, -0.05) is 0 Å². The summed E-state index contributed by atoms with van der Waals surface area (Å²) in [5.41, 5.74) is 1.38. The maximum Gasteiger partial charge on any atom is 0.335 e. The van der Waals surface area contributed by atoms with Crippen LogP contribution in [0.25, 0.3) is 0 Å². The van der Waals surface area contributed by atoms with Gasteiger partial charge < -0.3 is 4.74 Å². The molecule has 0 aromatic carbocycles. The lowest BCUT2D eigenvalue weighted by Gasteiger charge is -2.07. The van der Waals surface area contributed by atoms with Crippen molar-refractivity contribution < 1.29 is 13.9 Å². The summed E-state index contributed by atoms with van der Waals surface area (Å²) in [6.07, 6.45) is 1.98. The molecule has 0 aromatic heterocycles.